The summed E-state index contributed by atoms with van der Waals surface area (Å²) in [4.78, 5) is 29.5. The molecule has 2 fully saturated rings. The lowest BCUT2D eigenvalue weighted by atomic mass is 9.79. The number of hydrogen-bond donors (Lipinski definition) is 2. The Kier molecular flexibility index (Phi) is 4.06. The van der Waals surface area contributed by atoms with E-state index in [4.69, 9.17) is 4.74 Å². The molecule has 3 rings (SSSR count). The van der Waals surface area contributed by atoms with Crippen LogP contribution in [-0.2, 0) is 4.74 Å². The van der Waals surface area contributed by atoms with Crippen LogP contribution in [0.5, 0.6) is 0 Å². The molecule has 0 bridgehead atoms. The number of aromatic amines is 1. The molecule has 1 saturated carbocycles. The number of fused-ring (bicyclic) bond motifs is 1. The molecule has 1 aromatic rings. The van der Waals surface area contributed by atoms with Crippen molar-refractivity contribution in [2.75, 3.05) is 13.7 Å². The maximum atomic E-state index is 12.9. The molecule has 2 aliphatic rings. The van der Waals surface area contributed by atoms with Crippen LogP contribution < -0.4 is 5.56 Å². The Hall–Kier alpha value is -1.66. The second kappa shape index (κ2) is 5.76. The second-order valence-corrected chi connectivity index (χ2v) is 6.78. The minimum absolute atomic E-state index is 0.167. The molecule has 6 nitrogen and oxygen atoms in total. The number of aryl methyl sites for hydroxylation is 2. The standard InChI is InChI=1S/C17H24N2O4/c1-10-8-13(15(21)18-11(10)2)16(22)19-7-6-17(23-3)5-4-12(20)9-14(17)19/h8,12,14,20H,4-7,9H2,1-3H3,(H,18,21)/t12-,14+,17-/m0/s1. The van der Waals surface area contributed by atoms with Gasteiger partial charge in [-0.25, -0.2) is 0 Å². The molecule has 2 N–H and O–H groups in total. The van der Waals surface area contributed by atoms with Crippen molar-refractivity contribution in [3.05, 3.63) is 33.2 Å². The molecule has 0 unspecified atom stereocenters. The summed E-state index contributed by atoms with van der Waals surface area (Å²) in [5.41, 5.74) is 1.08. The average Bonchev–Trinajstić information content (AvgIpc) is 2.89. The molecular weight excluding hydrogens is 296 g/mol. The molecule has 1 aliphatic carbocycles. The van der Waals surface area contributed by atoms with Gasteiger partial charge in [-0.05, 0) is 51.2 Å². The van der Waals surface area contributed by atoms with Gasteiger partial charge >= 0.3 is 0 Å². The smallest absolute Gasteiger partial charge is 0.261 e. The molecule has 0 radical (unpaired) electrons. The topological polar surface area (TPSA) is 82.6 Å². The number of aliphatic hydroxyl groups is 1. The zero-order valence-electron chi connectivity index (χ0n) is 13.9. The number of pyridine rings is 1. The summed E-state index contributed by atoms with van der Waals surface area (Å²) >= 11 is 0. The predicted molar refractivity (Wildman–Crippen MR) is 85.6 cm³/mol. The Balaban J connectivity index is 1.94. The third-order valence-corrected chi connectivity index (χ3v) is 5.55. The Morgan fingerprint density at radius 3 is 2.87 bits per heavy atom. The lowest BCUT2D eigenvalue weighted by Crippen LogP contribution is -2.53. The van der Waals surface area contributed by atoms with Crippen molar-refractivity contribution < 1.29 is 14.6 Å². The highest BCUT2D eigenvalue weighted by molar-refractivity contribution is 5.94. The van der Waals surface area contributed by atoms with Gasteiger partial charge in [0.05, 0.1) is 17.7 Å². The fourth-order valence-electron chi connectivity index (χ4n) is 3.96. The van der Waals surface area contributed by atoms with Crippen molar-refractivity contribution >= 4 is 5.91 Å². The third-order valence-electron chi connectivity index (χ3n) is 5.55. The largest absolute Gasteiger partial charge is 0.393 e. The van der Waals surface area contributed by atoms with Crippen molar-refractivity contribution in [2.45, 2.75) is 57.3 Å². The minimum Gasteiger partial charge on any atom is -0.393 e. The van der Waals surface area contributed by atoms with E-state index in [1.165, 1.54) is 0 Å². The van der Waals surface area contributed by atoms with Gasteiger partial charge in [-0.3, -0.25) is 9.59 Å². The summed E-state index contributed by atoms with van der Waals surface area (Å²) < 4.78 is 5.75. The molecule has 1 saturated heterocycles. The van der Waals surface area contributed by atoms with Crippen LogP contribution in [0.25, 0.3) is 0 Å². The lowest BCUT2D eigenvalue weighted by Gasteiger charge is -2.42. The summed E-state index contributed by atoms with van der Waals surface area (Å²) in [6, 6.07) is 1.48. The Bertz CT molecular complexity index is 684. The van der Waals surface area contributed by atoms with E-state index in [1.807, 2.05) is 13.8 Å². The van der Waals surface area contributed by atoms with E-state index in [0.717, 1.165) is 24.1 Å². The second-order valence-electron chi connectivity index (χ2n) is 6.78. The molecule has 1 aromatic heterocycles. The molecule has 0 spiro atoms. The first-order valence-electron chi connectivity index (χ1n) is 8.12. The van der Waals surface area contributed by atoms with E-state index >= 15 is 0 Å². The van der Waals surface area contributed by atoms with Crippen molar-refractivity contribution in [3.63, 3.8) is 0 Å². The van der Waals surface area contributed by atoms with Gasteiger partial charge in [-0.1, -0.05) is 0 Å². The normalized spacial score (nSPS) is 30.3. The minimum atomic E-state index is -0.422. The van der Waals surface area contributed by atoms with Gasteiger partial charge in [0, 0.05) is 19.3 Å². The van der Waals surface area contributed by atoms with Gasteiger partial charge in [0.15, 0.2) is 0 Å². The number of nitrogens with one attached hydrogen (secondary N) is 1. The van der Waals surface area contributed by atoms with Crippen LogP contribution in [0.4, 0.5) is 0 Å². The van der Waals surface area contributed by atoms with E-state index in [2.05, 4.69) is 4.98 Å². The van der Waals surface area contributed by atoms with E-state index in [1.54, 1.807) is 18.1 Å². The highest BCUT2D eigenvalue weighted by atomic mass is 16.5. The van der Waals surface area contributed by atoms with E-state index < -0.39 is 6.10 Å². The zero-order valence-corrected chi connectivity index (χ0v) is 13.9. The summed E-state index contributed by atoms with van der Waals surface area (Å²) in [5, 5.41) is 10.0. The third kappa shape index (κ3) is 2.60. The van der Waals surface area contributed by atoms with Crippen LogP contribution in [0.15, 0.2) is 10.9 Å². The zero-order chi connectivity index (χ0) is 16.8. The number of rotatable bonds is 2. The number of H-pyrrole nitrogens is 1. The van der Waals surface area contributed by atoms with E-state index in [0.29, 0.717) is 19.4 Å². The Morgan fingerprint density at radius 1 is 1.43 bits per heavy atom. The highest BCUT2D eigenvalue weighted by Gasteiger charge is 2.52. The first kappa shape index (κ1) is 16.2. The summed E-state index contributed by atoms with van der Waals surface area (Å²) in [6.07, 6.45) is 2.26. The van der Waals surface area contributed by atoms with Crippen molar-refractivity contribution in [3.8, 4) is 0 Å². The molecule has 23 heavy (non-hydrogen) atoms. The fourth-order valence-corrected chi connectivity index (χ4v) is 3.96. The molecule has 3 atom stereocenters. The van der Waals surface area contributed by atoms with Crippen LogP contribution in [0.1, 0.15) is 47.3 Å². The maximum Gasteiger partial charge on any atom is 0.261 e. The predicted octanol–water partition coefficient (Wildman–Crippen LogP) is 1.14. The molecular formula is C17H24N2O4. The van der Waals surface area contributed by atoms with Gasteiger partial charge in [0.25, 0.3) is 11.5 Å². The number of nitrogens with zero attached hydrogens (tertiary/aromatic N) is 1. The monoisotopic (exact) mass is 320 g/mol. The van der Waals surface area contributed by atoms with Gasteiger partial charge in [0.2, 0.25) is 0 Å². The van der Waals surface area contributed by atoms with Crippen LogP contribution in [0.2, 0.25) is 0 Å². The molecule has 6 heteroatoms. The first-order chi connectivity index (χ1) is 10.9. The van der Waals surface area contributed by atoms with Crippen molar-refractivity contribution in [1.29, 1.82) is 0 Å². The molecule has 0 aromatic carbocycles. The number of aliphatic hydroxyl groups excluding tert-OH is 1. The molecule has 1 amide bonds. The lowest BCUT2D eigenvalue weighted by molar-refractivity contribution is -0.0824. The van der Waals surface area contributed by atoms with Crippen LogP contribution in [-0.4, -0.2) is 52.3 Å². The van der Waals surface area contributed by atoms with Gasteiger partial charge in [-0.15, -0.1) is 0 Å². The van der Waals surface area contributed by atoms with Crippen LogP contribution >= 0.6 is 0 Å². The molecule has 126 valence electrons. The highest BCUT2D eigenvalue weighted by Crippen LogP contribution is 2.42. The number of aromatic nitrogens is 1. The number of hydrogen-bond acceptors (Lipinski definition) is 4. The summed E-state index contributed by atoms with van der Waals surface area (Å²) in [6.45, 7) is 4.24. The van der Waals surface area contributed by atoms with Gasteiger partial charge in [0.1, 0.15) is 5.56 Å². The maximum absolute atomic E-state index is 12.9. The van der Waals surface area contributed by atoms with Gasteiger partial charge < -0.3 is 19.7 Å². The number of ether oxygens (including phenoxy) is 1. The average molecular weight is 320 g/mol. The van der Waals surface area contributed by atoms with Crippen LogP contribution in [0.3, 0.4) is 0 Å². The number of methoxy groups -OCH3 is 1. The first-order valence-corrected chi connectivity index (χ1v) is 8.12. The molecule has 2 heterocycles. The number of amides is 1. The summed E-state index contributed by atoms with van der Waals surface area (Å²) in [5.74, 6) is -0.271. The quantitative estimate of drug-likeness (QED) is 0.856. The molecule has 1 aliphatic heterocycles. The van der Waals surface area contributed by atoms with Crippen molar-refractivity contribution in [2.24, 2.45) is 0 Å². The summed E-state index contributed by atoms with van der Waals surface area (Å²) in [7, 11) is 1.67. The number of likely N-dealkylation sites (tertiary alicyclic amines) is 1. The SMILES string of the molecule is CO[C@]12CC[C@H](O)C[C@H]1N(C(=O)c1cc(C)c(C)[nH]c1=O)CC2. The number of carbonyl (C=O) groups is 1. The van der Waals surface area contributed by atoms with Crippen LogP contribution in [0, 0.1) is 13.8 Å². The van der Waals surface area contributed by atoms with Gasteiger partial charge in [-0.2, -0.15) is 0 Å². The van der Waals surface area contributed by atoms with E-state index in [9.17, 15) is 14.7 Å². The fraction of sp³-hybridized carbons (Fsp3) is 0.647. The van der Waals surface area contributed by atoms with Crippen molar-refractivity contribution in [1.82, 2.24) is 9.88 Å². The Labute approximate surface area is 135 Å². The number of carbonyl (C=O) groups excluding carboxylic acids is 1. The van der Waals surface area contributed by atoms with E-state index in [-0.39, 0.29) is 28.7 Å². The Morgan fingerprint density at radius 2 is 2.17 bits per heavy atom.